The molecule has 1 N–H and O–H groups in total. The normalized spacial score (nSPS) is 26.4. The van der Waals surface area contributed by atoms with Crippen LogP contribution < -0.4 is 39.4 Å². The largest absolute Gasteiger partial charge is 1.00 e. The van der Waals surface area contributed by atoms with Crippen molar-refractivity contribution in [2.24, 2.45) is 5.92 Å². The van der Waals surface area contributed by atoms with E-state index in [1.54, 1.807) is 45.2 Å². The van der Waals surface area contributed by atoms with Crippen LogP contribution in [-0.4, -0.2) is 40.6 Å². The summed E-state index contributed by atoms with van der Waals surface area (Å²) in [5, 5.41) is 21.5. The topological polar surface area (TPSA) is 89.9 Å². The second-order valence-electron chi connectivity index (χ2n) is 6.27. The van der Waals surface area contributed by atoms with Gasteiger partial charge < -0.3 is 24.6 Å². The molecular formula is C17H18NNaO5. The van der Waals surface area contributed by atoms with Crippen molar-refractivity contribution in [2.75, 3.05) is 7.11 Å². The Morgan fingerprint density at radius 2 is 2.00 bits per heavy atom. The minimum absolute atomic E-state index is 0. The van der Waals surface area contributed by atoms with E-state index in [9.17, 15) is 19.8 Å². The Morgan fingerprint density at radius 1 is 1.42 bits per heavy atom. The van der Waals surface area contributed by atoms with Crippen LogP contribution in [0.15, 0.2) is 30.0 Å². The van der Waals surface area contributed by atoms with Gasteiger partial charge in [-0.25, -0.2) is 0 Å². The summed E-state index contributed by atoms with van der Waals surface area (Å²) in [7, 11) is 1.55. The Kier molecular flexibility index (Phi) is 5.16. The van der Waals surface area contributed by atoms with Crippen molar-refractivity contribution < 1.29 is 54.1 Å². The van der Waals surface area contributed by atoms with Gasteiger partial charge in [0.1, 0.15) is 5.75 Å². The van der Waals surface area contributed by atoms with E-state index >= 15 is 0 Å². The number of benzene rings is 1. The first-order valence-corrected chi connectivity index (χ1v) is 7.42. The van der Waals surface area contributed by atoms with E-state index in [4.69, 9.17) is 4.74 Å². The third-order valence-electron chi connectivity index (χ3n) is 4.83. The second kappa shape index (κ2) is 6.52. The van der Waals surface area contributed by atoms with Crippen LogP contribution in [0.5, 0.6) is 5.75 Å². The summed E-state index contributed by atoms with van der Waals surface area (Å²) in [6.45, 7) is 3.35. The van der Waals surface area contributed by atoms with Gasteiger partial charge >= 0.3 is 29.6 Å². The molecule has 0 radical (unpaired) electrons. The van der Waals surface area contributed by atoms with Gasteiger partial charge in [-0.3, -0.25) is 4.79 Å². The van der Waals surface area contributed by atoms with E-state index in [1.807, 2.05) is 0 Å². The molecule has 0 aliphatic carbocycles. The number of amides is 1. The Labute approximate surface area is 162 Å². The Hall–Kier alpha value is -1.34. The first-order valence-electron chi connectivity index (χ1n) is 7.42. The van der Waals surface area contributed by atoms with Gasteiger partial charge in [-0.05, 0) is 43.5 Å². The maximum atomic E-state index is 12.3. The van der Waals surface area contributed by atoms with E-state index < -0.39 is 23.5 Å². The third-order valence-corrected chi connectivity index (χ3v) is 4.83. The number of nitrogens with zero attached hydrogens (tertiary/aromatic N) is 1. The van der Waals surface area contributed by atoms with Crippen molar-refractivity contribution in [1.82, 2.24) is 4.90 Å². The van der Waals surface area contributed by atoms with Crippen molar-refractivity contribution in [3.8, 4) is 5.75 Å². The average Bonchev–Trinajstić information content (AvgIpc) is 2.76. The van der Waals surface area contributed by atoms with Crippen LogP contribution in [0.2, 0.25) is 0 Å². The summed E-state index contributed by atoms with van der Waals surface area (Å²) in [5.41, 5.74) is 0.430. The van der Waals surface area contributed by atoms with Gasteiger partial charge in [-0.15, -0.1) is 0 Å². The summed E-state index contributed by atoms with van der Waals surface area (Å²) < 4.78 is 5.10. The Bertz CT molecular complexity index is 712. The zero-order chi connectivity index (χ0) is 16.9. The first kappa shape index (κ1) is 19.0. The fourth-order valence-corrected chi connectivity index (χ4v) is 3.83. The molecule has 1 amide bonds. The molecule has 1 fully saturated rings. The molecule has 2 aliphatic heterocycles. The number of carbonyl (C=O) groups excluding carboxylic acids is 2. The monoisotopic (exact) mass is 339 g/mol. The molecule has 3 atom stereocenters. The molecule has 6 nitrogen and oxygen atoms in total. The van der Waals surface area contributed by atoms with Gasteiger partial charge in [0.2, 0.25) is 5.91 Å². The smallest absolute Gasteiger partial charge is 0.543 e. The molecule has 122 valence electrons. The van der Waals surface area contributed by atoms with Gasteiger partial charge in [0, 0.05) is 0 Å². The molecule has 0 spiro atoms. The SMILES string of the molecule is COc1ccc(C2=C(C(=O)[O-])N3C(=O)[C@H]([C@@H](C)O)[C@@]3(C)C2)cc1.[Na+]. The number of hydrogen-bond donors (Lipinski definition) is 1. The number of carboxylic acids is 1. The summed E-state index contributed by atoms with van der Waals surface area (Å²) in [6, 6.07) is 6.99. The van der Waals surface area contributed by atoms with E-state index in [0.717, 1.165) is 0 Å². The van der Waals surface area contributed by atoms with Gasteiger partial charge in [-0.1, -0.05) is 12.1 Å². The van der Waals surface area contributed by atoms with Crippen LogP contribution >= 0.6 is 0 Å². The minimum atomic E-state index is -1.38. The number of carboxylic acid groups (broad SMARTS) is 1. The number of aliphatic hydroxyl groups is 1. The summed E-state index contributed by atoms with van der Waals surface area (Å²) in [4.78, 5) is 25.2. The Balaban J connectivity index is 0.00000208. The molecule has 2 heterocycles. The van der Waals surface area contributed by atoms with Crippen molar-refractivity contribution in [3.05, 3.63) is 35.5 Å². The predicted molar refractivity (Wildman–Crippen MR) is 80.0 cm³/mol. The molecule has 0 bridgehead atoms. The number of methoxy groups -OCH3 is 1. The van der Waals surface area contributed by atoms with E-state index in [2.05, 4.69) is 0 Å². The number of aliphatic hydroxyl groups excluding tert-OH is 1. The van der Waals surface area contributed by atoms with Crippen LogP contribution in [0.4, 0.5) is 0 Å². The van der Waals surface area contributed by atoms with Crippen molar-refractivity contribution in [2.45, 2.75) is 31.9 Å². The van der Waals surface area contributed by atoms with Crippen LogP contribution in [0.3, 0.4) is 0 Å². The van der Waals surface area contributed by atoms with Crippen molar-refractivity contribution >= 4 is 17.4 Å². The number of β-lactam (4-membered cyclic amide) rings is 1. The number of aliphatic carboxylic acids is 1. The fraction of sp³-hybridized carbons (Fsp3) is 0.412. The van der Waals surface area contributed by atoms with Crippen LogP contribution in [0, 0.1) is 5.92 Å². The fourth-order valence-electron chi connectivity index (χ4n) is 3.83. The number of carbonyl (C=O) groups is 2. The summed E-state index contributed by atoms with van der Waals surface area (Å²) in [6.07, 6.45) is -0.466. The quantitative estimate of drug-likeness (QED) is 0.472. The number of fused-ring (bicyclic) bond motifs is 1. The zero-order valence-electron chi connectivity index (χ0n) is 14.2. The maximum Gasteiger partial charge on any atom is 1.00 e. The van der Waals surface area contributed by atoms with Crippen LogP contribution in [0.25, 0.3) is 5.57 Å². The molecule has 2 aliphatic rings. The van der Waals surface area contributed by atoms with Crippen molar-refractivity contribution in [1.29, 1.82) is 0 Å². The molecule has 0 unspecified atom stereocenters. The minimum Gasteiger partial charge on any atom is -0.543 e. The molecular weight excluding hydrogens is 321 g/mol. The van der Waals surface area contributed by atoms with Gasteiger partial charge in [0.05, 0.1) is 36.3 Å². The molecule has 0 aromatic heterocycles. The van der Waals surface area contributed by atoms with Gasteiger partial charge in [0.15, 0.2) is 0 Å². The van der Waals surface area contributed by atoms with Gasteiger partial charge in [-0.2, -0.15) is 0 Å². The van der Waals surface area contributed by atoms with E-state index in [0.29, 0.717) is 23.3 Å². The van der Waals surface area contributed by atoms with E-state index in [-0.39, 0.29) is 41.2 Å². The van der Waals surface area contributed by atoms with Crippen LogP contribution in [-0.2, 0) is 9.59 Å². The maximum absolute atomic E-state index is 12.3. The molecule has 7 heteroatoms. The molecule has 1 saturated heterocycles. The molecule has 1 aromatic rings. The summed E-state index contributed by atoms with van der Waals surface area (Å²) >= 11 is 0. The second-order valence-corrected chi connectivity index (χ2v) is 6.27. The zero-order valence-corrected chi connectivity index (χ0v) is 16.2. The third kappa shape index (κ3) is 2.58. The first-order chi connectivity index (χ1) is 10.8. The molecule has 1 aromatic carbocycles. The predicted octanol–water partition coefficient (Wildman–Crippen LogP) is -2.84. The average molecular weight is 339 g/mol. The Morgan fingerprint density at radius 3 is 2.46 bits per heavy atom. The molecule has 0 saturated carbocycles. The number of rotatable bonds is 4. The van der Waals surface area contributed by atoms with Crippen LogP contribution in [0.1, 0.15) is 25.8 Å². The van der Waals surface area contributed by atoms with Gasteiger partial charge in [0.25, 0.3) is 0 Å². The number of ether oxygens (including phenoxy) is 1. The molecule has 3 rings (SSSR count). The summed E-state index contributed by atoms with van der Waals surface area (Å²) in [5.74, 6) is -1.69. The standard InChI is InChI=1S/C17H19NO5.Na/c1-9(19)13-15(20)18-14(16(21)22)12(8-17(13,18)2)10-4-6-11(23-3)7-5-10;/h4-7,9,13,19H,8H2,1-3H3,(H,21,22);/q;+1/p-1/t9-,13+,17-;/m1./s1. The molecule has 24 heavy (non-hydrogen) atoms. The van der Waals surface area contributed by atoms with Crippen molar-refractivity contribution in [3.63, 3.8) is 0 Å². The van der Waals surface area contributed by atoms with E-state index in [1.165, 1.54) is 4.90 Å². The number of hydrogen-bond acceptors (Lipinski definition) is 5.